The summed E-state index contributed by atoms with van der Waals surface area (Å²) in [6, 6.07) is 42.1. The van der Waals surface area contributed by atoms with Crippen LogP contribution in [0.2, 0.25) is 38.3 Å². The van der Waals surface area contributed by atoms with Crippen molar-refractivity contribution in [2.24, 2.45) is 0 Å². The van der Waals surface area contributed by atoms with E-state index in [2.05, 4.69) is 166 Å². The van der Waals surface area contributed by atoms with Crippen molar-refractivity contribution in [2.75, 3.05) is 0 Å². The van der Waals surface area contributed by atoms with Crippen LogP contribution < -0.4 is 10.5 Å². The number of pyridine rings is 1. The lowest BCUT2D eigenvalue weighted by Gasteiger charge is -2.41. The van der Waals surface area contributed by atoms with Gasteiger partial charge in [-0.2, -0.15) is 0 Å². The number of aromatic nitrogens is 3. The third-order valence-electron chi connectivity index (χ3n) is 14.0. The predicted molar refractivity (Wildman–Crippen MR) is 245 cm³/mol. The molecule has 55 heavy (non-hydrogen) atoms. The van der Waals surface area contributed by atoms with Crippen LogP contribution in [0.15, 0.2) is 103 Å². The van der Waals surface area contributed by atoms with Crippen molar-refractivity contribution in [1.82, 2.24) is 14.1 Å². The second-order valence-electron chi connectivity index (χ2n) is 19.3. The molecule has 11 rings (SSSR count). The molecule has 0 N–H and O–H groups in total. The highest BCUT2D eigenvalue weighted by Crippen LogP contribution is 2.48. The Morgan fingerprint density at radius 3 is 1.84 bits per heavy atom. The number of thiophene rings is 1. The van der Waals surface area contributed by atoms with Crippen molar-refractivity contribution >= 4 is 102 Å². The molecule has 5 aromatic carbocycles. The average Bonchev–Trinajstić information content (AvgIpc) is 3.82. The van der Waals surface area contributed by atoms with Crippen LogP contribution in [0.5, 0.6) is 0 Å². The van der Waals surface area contributed by atoms with Crippen molar-refractivity contribution in [3.05, 3.63) is 114 Å². The summed E-state index contributed by atoms with van der Waals surface area (Å²) >= 11 is 1.94. The molecule has 9 aromatic rings. The molecule has 4 aromatic heterocycles. The molecule has 0 fully saturated rings. The first kappa shape index (κ1) is 33.8. The van der Waals surface area contributed by atoms with Crippen LogP contribution in [0.4, 0.5) is 0 Å². The summed E-state index contributed by atoms with van der Waals surface area (Å²) in [6.07, 6.45) is 2.48. The minimum Gasteiger partial charge on any atom is -0.309 e. The van der Waals surface area contributed by atoms with E-state index in [4.69, 9.17) is 4.98 Å². The van der Waals surface area contributed by atoms with E-state index in [1.54, 1.807) is 10.8 Å². The lowest BCUT2D eigenvalue weighted by Crippen LogP contribution is -2.53. The third-order valence-corrected chi connectivity index (χ3v) is 21.6. The molecule has 3 nitrogen and oxygen atoms in total. The van der Waals surface area contributed by atoms with Gasteiger partial charge in [-0.05, 0) is 83.3 Å². The molecule has 6 heteroatoms. The zero-order valence-corrected chi connectivity index (χ0v) is 36.2. The Kier molecular flexibility index (Phi) is 6.81. The zero-order chi connectivity index (χ0) is 37.8. The summed E-state index contributed by atoms with van der Waals surface area (Å²) in [7, 11) is -3.45. The van der Waals surface area contributed by atoms with Gasteiger partial charge in [0.15, 0.2) is 5.82 Å². The van der Waals surface area contributed by atoms with Crippen LogP contribution >= 0.6 is 11.3 Å². The maximum absolute atomic E-state index is 5.88. The van der Waals surface area contributed by atoms with E-state index in [-0.39, 0.29) is 10.8 Å². The summed E-state index contributed by atoms with van der Waals surface area (Å²) in [6.45, 7) is 20.2. The van der Waals surface area contributed by atoms with Crippen molar-refractivity contribution in [2.45, 2.75) is 89.6 Å². The van der Waals surface area contributed by atoms with Gasteiger partial charge in [0.1, 0.15) is 8.07 Å². The van der Waals surface area contributed by atoms with E-state index >= 15 is 0 Å². The highest BCUT2D eigenvalue weighted by molar-refractivity contribution is 7.26. The minimum atomic E-state index is -1.86. The Balaban J connectivity index is 1.27. The number of hydrogen-bond donors (Lipinski definition) is 0. The molecule has 2 aliphatic heterocycles. The van der Waals surface area contributed by atoms with Gasteiger partial charge in [-0.15, -0.1) is 11.3 Å². The summed E-state index contributed by atoms with van der Waals surface area (Å²) < 4.78 is 7.72. The van der Waals surface area contributed by atoms with Gasteiger partial charge in [0.05, 0.1) is 34.8 Å². The monoisotopic (exact) mass is 767 g/mol. The molecule has 0 saturated carbocycles. The smallest absolute Gasteiger partial charge is 0.155 e. The average molecular weight is 768 g/mol. The van der Waals surface area contributed by atoms with Gasteiger partial charge in [0, 0.05) is 48.0 Å². The predicted octanol–water partition coefficient (Wildman–Crippen LogP) is 12.8. The maximum atomic E-state index is 5.88. The fourth-order valence-electron chi connectivity index (χ4n) is 10.6. The molecule has 0 spiro atoms. The normalized spacial score (nSPS) is 18.5. The van der Waals surface area contributed by atoms with Crippen LogP contribution in [-0.4, -0.2) is 30.3 Å². The third kappa shape index (κ3) is 4.62. The van der Waals surface area contributed by atoms with Gasteiger partial charge in [0.2, 0.25) is 0 Å². The molecule has 274 valence electrons. The Morgan fingerprint density at radius 2 is 1.16 bits per heavy atom. The maximum Gasteiger partial charge on any atom is 0.155 e. The molecule has 0 unspecified atom stereocenters. The summed E-state index contributed by atoms with van der Waals surface area (Å²) in [4.78, 5) is 5.88. The van der Waals surface area contributed by atoms with Crippen molar-refractivity contribution in [3.8, 4) is 11.5 Å². The number of hydrogen-bond acceptors (Lipinski definition) is 2. The first-order valence-electron chi connectivity index (χ1n) is 20.2. The van der Waals surface area contributed by atoms with E-state index in [1.165, 1.54) is 105 Å². The molecule has 0 radical (unpaired) electrons. The Bertz CT molecular complexity index is 3060. The Labute approximate surface area is 329 Å². The van der Waals surface area contributed by atoms with Crippen LogP contribution in [-0.2, 0) is 10.8 Å². The largest absolute Gasteiger partial charge is 0.309 e. The van der Waals surface area contributed by atoms with Crippen LogP contribution in [0.3, 0.4) is 0 Å². The molecule has 6 heterocycles. The van der Waals surface area contributed by atoms with Crippen LogP contribution in [0.1, 0.15) is 51.7 Å². The second-order valence-corrected chi connectivity index (χ2v) is 29.9. The number of rotatable bonds is 2. The number of para-hydroxylation sites is 3. The van der Waals surface area contributed by atoms with E-state index < -0.39 is 16.1 Å². The fraction of sp³-hybridized carbons (Fsp3) is 0.286. The van der Waals surface area contributed by atoms with E-state index in [1.807, 2.05) is 11.3 Å². The Morgan fingerprint density at radius 1 is 0.582 bits per heavy atom. The van der Waals surface area contributed by atoms with Gasteiger partial charge in [-0.25, -0.2) is 4.98 Å². The van der Waals surface area contributed by atoms with Gasteiger partial charge in [0.25, 0.3) is 0 Å². The van der Waals surface area contributed by atoms with E-state index in [9.17, 15) is 0 Å². The van der Waals surface area contributed by atoms with E-state index in [0.29, 0.717) is 0 Å². The van der Waals surface area contributed by atoms with Crippen LogP contribution in [0.25, 0.3) is 75.3 Å². The molecule has 0 amide bonds. The van der Waals surface area contributed by atoms with Gasteiger partial charge in [-0.1, -0.05) is 126 Å². The zero-order valence-electron chi connectivity index (χ0n) is 33.4. The molecule has 2 aliphatic rings. The molecule has 0 saturated heterocycles. The molecular weight excluding hydrogens is 719 g/mol. The topological polar surface area (TPSA) is 22.8 Å². The highest BCUT2D eigenvalue weighted by Gasteiger charge is 2.43. The molecule has 0 bridgehead atoms. The number of nitrogens with zero attached hydrogens (tertiary/aromatic N) is 3. The lowest BCUT2D eigenvalue weighted by molar-refractivity contribution is 0.499. The fourth-order valence-corrected chi connectivity index (χ4v) is 18.0. The molecular formula is C49H49N3SSi2. The van der Waals surface area contributed by atoms with Gasteiger partial charge in [-0.3, -0.25) is 4.57 Å². The number of fused-ring (bicyclic) bond motifs is 12. The highest BCUT2D eigenvalue weighted by atomic mass is 32.1. The van der Waals surface area contributed by atoms with E-state index in [0.717, 1.165) is 5.82 Å². The Hall–Kier alpha value is -4.50. The first-order chi connectivity index (χ1) is 26.3. The van der Waals surface area contributed by atoms with Gasteiger partial charge < -0.3 is 4.57 Å². The van der Waals surface area contributed by atoms with Crippen molar-refractivity contribution in [3.63, 3.8) is 0 Å². The quantitative estimate of drug-likeness (QED) is 0.161. The van der Waals surface area contributed by atoms with Gasteiger partial charge >= 0.3 is 0 Å². The summed E-state index contributed by atoms with van der Waals surface area (Å²) in [5, 5.41) is 11.2. The standard InChI is InChI=1S/C49H49N3SSi2/c1-48(2)23-25-54(5,6)42-29-40-34(28-36(42)48)33-17-11-12-18-37(33)51(40)30-21-22-41-35(27-30)43-44-47(55(7,8)26-24-49(44,3)4)50-46(45(43)53-41)52-38-19-13-9-15-31(38)32-16-10-14-20-39(32)52/h9-22,27-29H,23-26H2,1-8H3. The number of benzene rings is 5. The van der Waals surface area contributed by atoms with Crippen molar-refractivity contribution < 1.29 is 0 Å². The van der Waals surface area contributed by atoms with Crippen molar-refractivity contribution in [1.29, 1.82) is 0 Å². The first-order valence-corrected chi connectivity index (χ1v) is 27.5. The molecule has 0 atom stereocenters. The summed E-state index contributed by atoms with van der Waals surface area (Å²) in [5.41, 5.74) is 9.65. The van der Waals surface area contributed by atoms with Crippen LogP contribution in [0, 0.1) is 0 Å². The SMILES string of the molecule is CC1(C)CC[Si](C)(C)c2cc3c(cc21)c1ccccc1n3-c1ccc2sc3c(-n4c5ccccc5c5ccccc54)nc4c(c3c2c1)C(C)(C)CC[Si]4(C)C. The summed E-state index contributed by atoms with van der Waals surface area (Å²) in [5.74, 6) is 1.10. The second kappa shape index (κ2) is 11.1. The minimum absolute atomic E-state index is 0.0292. The molecule has 0 aliphatic carbocycles. The lowest BCUT2D eigenvalue weighted by atomic mass is 9.80.